The topological polar surface area (TPSA) is 176 Å². The van der Waals surface area contributed by atoms with Gasteiger partial charge < -0.3 is 24.1 Å². The van der Waals surface area contributed by atoms with Gasteiger partial charge in [-0.3, -0.25) is 14.4 Å². The predicted octanol–water partition coefficient (Wildman–Crippen LogP) is 3.04. The number of aromatic nitrogens is 1. The second-order valence-electron chi connectivity index (χ2n) is 10.0. The average molecular weight is 680 g/mol. The summed E-state index contributed by atoms with van der Waals surface area (Å²) < 4.78 is 42.6. The molecule has 1 aliphatic rings. The van der Waals surface area contributed by atoms with Gasteiger partial charge in [-0.2, -0.15) is 4.99 Å². The van der Waals surface area contributed by atoms with Crippen molar-refractivity contribution in [1.29, 1.82) is 0 Å². The lowest BCUT2D eigenvalue weighted by Crippen LogP contribution is -2.29. The molecule has 0 aliphatic heterocycles. The van der Waals surface area contributed by atoms with Crippen LogP contribution in [0.2, 0.25) is 0 Å². The van der Waals surface area contributed by atoms with E-state index >= 15 is 0 Å². The highest BCUT2D eigenvalue weighted by atomic mass is 32.2. The molecule has 2 heterocycles. The molecule has 1 aromatic carbocycles. The molecule has 0 radical (unpaired) electrons. The maximum atomic E-state index is 12.9. The van der Waals surface area contributed by atoms with Crippen LogP contribution in [-0.4, -0.2) is 74.5 Å². The number of nitrogens with one attached hydrogen (secondary N) is 1. The van der Waals surface area contributed by atoms with Crippen LogP contribution >= 0.6 is 22.7 Å². The molecule has 0 fully saturated rings. The van der Waals surface area contributed by atoms with Gasteiger partial charge in [-0.05, 0) is 63.3 Å². The lowest BCUT2D eigenvalue weighted by molar-refractivity contribution is -0.141. The fourth-order valence-electron chi connectivity index (χ4n) is 4.84. The number of thiophene rings is 1. The zero-order valence-electron chi connectivity index (χ0n) is 25.0. The van der Waals surface area contributed by atoms with Crippen LogP contribution in [-0.2, 0) is 57.8 Å². The number of amides is 2. The molecule has 13 nitrogen and oxygen atoms in total. The van der Waals surface area contributed by atoms with E-state index < -0.39 is 51.1 Å². The Labute approximate surface area is 267 Å². The van der Waals surface area contributed by atoms with Gasteiger partial charge in [0.05, 0.1) is 41.7 Å². The molecule has 0 saturated carbocycles. The van der Waals surface area contributed by atoms with Crippen LogP contribution < -0.4 is 10.1 Å². The third-order valence-electron chi connectivity index (χ3n) is 6.78. The van der Waals surface area contributed by atoms with Gasteiger partial charge in [0.1, 0.15) is 23.1 Å². The largest absolute Gasteiger partial charge is 0.468 e. The minimum absolute atomic E-state index is 0.000207. The Balaban J connectivity index is 1.55. The number of esters is 3. The molecular weight excluding hydrogens is 647 g/mol. The molecule has 0 unspecified atom stereocenters. The van der Waals surface area contributed by atoms with E-state index in [-0.39, 0.29) is 40.7 Å². The van der Waals surface area contributed by atoms with Gasteiger partial charge in [-0.25, -0.2) is 18.0 Å². The van der Waals surface area contributed by atoms with Gasteiger partial charge >= 0.3 is 17.9 Å². The summed E-state index contributed by atoms with van der Waals surface area (Å²) in [6.07, 6.45) is 4.24. The monoisotopic (exact) mass is 679 g/mol. The number of sulfone groups is 1. The molecule has 1 aliphatic carbocycles. The van der Waals surface area contributed by atoms with Crippen LogP contribution in [0.4, 0.5) is 5.00 Å². The van der Waals surface area contributed by atoms with E-state index in [1.807, 2.05) is 0 Å². The molecule has 4 rings (SSSR count). The quantitative estimate of drug-likeness (QED) is 0.180. The highest BCUT2D eigenvalue weighted by Crippen LogP contribution is 2.38. The van der Waals surface area contributed by atoms with Crippen molar-refractivity contribution >= 4 is 77.5 Å². The Morgan fingerprint density at radius 2 is 1.67 bits per heavy atom. The van der Waals surface area contributed by atoms with Crippen molar-refractivity contribution in [2.75, 3.05) is 37.1 Å². The van der Waals surface area contributed by atoms with Crippen LogP contribution in [0.3, 0.4) is 0 Å². The van der Waals surface area contributed by atoms with E-state index in [0.29, 0.717) is 16.6 Å². The number of rotatable bonds is 11. The molecule has 2 amide bonds. The summed E-state index contributed by atoms with van der Waals surface area (Å²) in [5.41, 5.74) is 1.78. The van der Waals surface area contributed by atoms with Crippen LogP contribution in [0.15, 0.2) is 23.2 Å². The summed E-state index contributed by atoms with van der Waals surface area (Å²) in [5, 5.41) is 2.78. The van der Waals surface area contributed by atoms with Crippen LogP contribution in [0.5, 0.6) is 0 Å². The highest BCUT2D eigenvalue weighted by Gasteiger charge is 2.28. The first-order chi connectivity index (χ1) is 21.5. The number of fused-ring (bicyclic) bond motifs is 2. The molecular formula is C29H33N3O10S3. The first kappa shape index (κ1) is 34.0. The van der Waals surface area contributed by atoms with E-state index in [0.717, 1.165) is 47.5 Å². The first-order valence-electron chi connectivity index (χ1n) is 14.2. The second-order valence-corrected chi connectivity index (χ2v) is 14.2. The fourth-order valence-corrected chi connectivity index (χ4v) is 8.23. The molecule has 0 atom stereocenters. The fraction of sp³-hybridized carbons (Fsp3) is 0.448. The first-order valence-corrected chi connectivity index (χ1v) is 17.7. The van der Waals surface area contributed by atoms with Gasteiger partial charge in [0.25, 0.3) is 5.91 Å². The number of nitrogens with zero attached hydrogens (tertiary/aromatic N) is 2. The molecule has 45 heavy (non-hydrogen) atoms. The molecule has 0 saturated heterocycles. The van der Waals surface area contributed by atoms with Crippen molar-refractivity contribution in [3.05, 3.63) is 44.6 Å². The minimum Gasteiger partial charge on any atom is -0.468 e. The maximum Gasteiger partial charge on any atom is 0.341 e. The summed E-state index contributed by atoms with van der Waals surface area (Å²) in [6.45, 7) is 3.33. The second kappa shape index (κ2) is 14.9. The number of ether oxygens (including phenoxy) is 3. The number of hydrogen-bond donors (Lipinski definition) is 1. The Bertz CT molecular complexity index is 1820. The molecule has 242 valence electrons. The van der Waals surface area contributed by atoms with Crippen molar-refractivity contribution in [3.8, 4) is 0 Å². The van der Waals surface area contributed by atoms with Gasteiger partial charge in [0, 0.05) is 4.88 Å². The van der Waals surface area contributed by atoms with E-state index in [9.17, 15) is 32.4 Å². The minimum atomic E-state index is -4.29. The van der Waals surface area contributed by atoms with Crippen molar-refractivity contribution < 1.29 is 46.6 Å². The molecule has 0 bridgehead atoms. The molecule has 1 N–H and O–H groups in total. The van der Waals surface area contributed by atoms with Crippen molar-refractivity contribution in [2.24, 2.45) is 4.99 Å². The van der Waals surface area contributed by atoms with Crippen molar-refractivity contribution in [2.45, 2.75) is 52.5 Å². The van der Waals surface area contributed by atoms with Gasteiger partial charge in [-0.15, -0.1) is 11.3 Å². The number of carbonyl (C=O) groups excluding carboxylic acids is 5. The predicted molar refractivity (Wildman–Crippen MR) is 167 cm³/mol. The number of aryl methyl sites for hydroxylation is 1. The Hall–Kier alpha value is -3.89. The third kappa shape index (κ3) is 8.43. The van der Waals surface area contributed by atoms with E-state index in [1.165, 1.54) is 35.1 Å². The SMILES string of the molecule is CCOC(=O)c1ccc2c(c1)sc(=NC(=O)CS(=O)(=O)CC(=O)Nc1sc3c(c1C(=O)OCC)CCCCC3)n2CC(=O)OC. The summed E-state index contributed by atoms with van der Waals surface area (Å²) in [5.74, 6) is -5.84. The molecule has 3 aromatic rings. The van der Waals surface area contributed by atoms with E-state index in [4.69, 9.17) is 14.2 Å². The normalized spacial score (nSPS) is 13.5. The maximum absolute atomic E-state index is 12.9. The molecule has 2 aromatic heterocycles. The highest BCUT2D eigenvalue weighted by molar-refractivity contribution is 7.92. The number of anilines is 1. The van der Waals surface area contributed by atoms with E-state index in [2.05, 4.69) is 10.3 Å². The third-order valence-corrected chi connectivity index (χ3v) is 10.4. The smallest absolute Gasteiger partial charge is 0.341 e. The molecule has 0 spiro atoms. The van der Waals surface area contributed by atoms with Gasteiger partial charge in [0.2, 0.25) is 5.91 Å². The summed E-state index contributed by atoms with van der Waals surface area (Å²) in [6, 6.07) is 4.57. The van der Waals surface area contributed by atoms with Crippen molar-refractivity contribution in [3.63, 3.8) is 0 Å². The summed E-state index contributed by atoms with van der Waals surface area (Å²) >= 11 is 2.20. The number of hydrogen-bond acceptors (Lipinski definition) is 12. The van der Waals surface area contributed by atoms with Crippen molar-refractivity contribution in [1.82, 2.24) is 4.57 Å². The van der Waals surface area contributed by atoms with Gasteiger partial charge in [0.15, 0.2) is 14.6 Å². The van der Waals surface area contributed by atoms with E-state index in [1.54, 1.807) is 19.9 Å². The van der Waals surface area contributed by atoms with Gasteiger partial charge in [-0.1, -0.05) is 17.8 Å². The average Bonchev–Trinajstić information content (AvgIpc) is 3.38. The van der Waals surface area contributed by atoms with Crippen LogP contribution in [0.25, 0.3) is 10.2 Å². The number of methoxy groups -OCH3 is 1. The standard InChI is InChI=1S/C29H33N3O10S3/c1-4-41-27(36)17-11-12-19-21(13-17)44-29(32(19)14-24(35)40-3)31-23(34)16-45(38,39)15-22(33)30-26-25(28(37)42-5-2)18-9-7-6-8-10-20(18)43-26/h11-13H,4-10,14-16H2,1-3H3,(H,30,33). The summed E-state index contributed by atoms with van der Waals surface area (Å²) in [7, 11) is -3.10. The lowest BCUT2D eigenvalue weighted by atomic mass is 10.1. The number of benzene rings is 1. The Morgan fingerprint density at radius 1 is 0.956 bits per heavy atom. The zero-order valence-corrected chi connectivity index (χ0v) is 27.5. The zero-order chi connectivity index (χ0) is 32.7. The summed E-state index contributed by atoms with van der Waals surface area (Å²) in [4.78, 5) is 67.7. The molecule has 16 heteroatoms. The lowest BCUT2D eigenvalue weighted by Gasteiger charge is -2.08. The number of carbonyl (C=O) groups is 5. The Kier molecular flexibility index (Phi) is 11.3. The Morgan fingerprint density at radius 3 is 2.38 bits per heavy atom. The van der Waals surface area contributed by atoms with Crippen LogP contribution in [0.1, 0.15) is 64.3 Å². The van der Waals surface area contributed by atoms with Crippen LogP contribution in [0, 0.1) is 0 Å². The number of thiazole rings is 1.